The van der Waals surface area contributed by atoms with Gasteiger partial charge in [-0.15, -0.1) is 0 Å². The molecule has 1 aromatic carbocycles. The number of pyridine rings is 1. The summed E-state index contributed by atoms with van der Waals surface area (Å²) in [5.41, 5.74) is 0.381. The van der Waals surface area contributed by atoms with Crippen LogP contribution in [0.1, 0.15) is 38.1 Å². The van der Waals surface area contributed by atoms with Crippen LogP contribution in [0.2, 0.25) is 0 Å². The maximum Gasteiger partial charge on any atom is 0.498 e. The molecule has 0 spiro atoms. The molecule has 1 aliphatic rings. The highest BCUT2D eigenvalue weighted by molar-refractivity contribution is 6.64. The molecule has 0 radical (unpaired) electrons. The highest BCUT2D eigenvalue weighted by atomic mass is 16.7. The predicted octanol–water partition coefficient (Wildman–Crippen LogP) is 2.63. The fourth-order valence-electron chi connectivity index (χ4n) is 2.45. The van der Waals surface area contributed by atoms with Crippen molar-refractivity contribution in [3.63, 3.8) is 0 Å². The van der Waals surface area contributed by atoms with E-state index < -0.39 is 18.3 Å². The molecule has 5 nitrogen and oxygen atoms in total. The summed E-state index contributed by atoms with van der Waals surface area (Å²) in [5, 5.41) is 2.85. The Labute approximate surface area is 142 Å². The molecule has 1 fully saturated rings. The number of carbonyl (C=O) groups is 1. The minimum absolute atomic E-state index is 0.216. The van der Waals surface area contributed by atoms with Crippen molar-refractivity contribution in [2.45, 2.75) is 38.9 Å². The molecule has 124 valence electrons. The van der Waals surface area contributed by atoms with Crippen LogP contribution in [0.15, 0.2) is 48.7 Å². The van der Waals surface area contributed by atoms with Crippen molar-refractivity contribution in [3.05, 3.63) is 54.2 Å². The monoisotopic (exact) mass is 324 g/mol. The Hall–Kier alpha value is -2.18. The minimum Gasteiger partial charge on any atom is -0.399 e. The number of carbonyl (C=O) groups excluding carboxylic acids is 1. The van der Waals surface area contributed by atoms with Crippen LogP contribution >= 0.6 is 0 Å². The van der Waals surface area contributed by atoms with Crippen LogP contribution in [0.3, 0.4) is 0 Å². The molecule has 0 aliphatic carbocycles. The van der Waals surface area contributed by atoms with Crippen molar-refractivity contribution in [2.75, 3.05) is 5.32 Å². The van der Waals surface area contributed by atoms with Crippen molar-refractivity contribution in [1.29, 1.82) is 0 Å². The van der Waals surface area contributed by atoms with Gasteiger partial charge in [-0.25, -0.2) is 4.98 Å². The summed E-state index contributed by atoms with van der Waals surface area (Å²) in [7, 11) is -0.574. The number of benzene rings is 1. The number of hydrogen-bond donors (Lipinski definition) is 1. The fraction of sp³-hybridized carbons (Fsp3) is 0.333. The third-order valence-electron chi connectivity index (χ3n) is 4.61. The first-order valence-corrected chi connectivity index (χ1v) is 7.97. The number of anilines is 1. The molecular formula is C18H21BN2O3. The van der Waals surface area contributed by atoms with E-state index in [4.69, 9.17) is 9.31 Å². The van der Waals surface area contributed by atoms with Gasteiger partial charge in [-0.3, -0.25) is 4.79 Å². The molecule has 3 rings (SSSR count). The molecule has 1 aliphatic heterocycles. The van der Waals surface area contributed by atoms with Crippen LogP contribution in [-0.2, 0) is 9.31 Å². The zero-order chi connectivity index (χ0) is 17.4. The van der Waals surface area contributed by atoms with Gasteiger partial charge in [0.2, 0.25) is 0 Å². The van der Waals surface area contributed by atoms with Gasteiger partial charge >= 0.3 is 7.12 Å². The van der Waals surface area contributed by atoms with Crippen molar-refractivity contribution in [3.8, 4) is 0 Å². The van der Waals surface area contributed by atoms with E-state index in [0.717, 1.165) is 0 Å². The van der Waals surface area contributed by atoms with Gasteiger partial charge in [-0.1, -0.05) is 24.3 Å². The van der Waals surface area contributed by atoms with Gasteiger partial charge in [-0.2, -0.15) is 0 Å². The zero-order valence-corrected chi connectivity index (χ0v) is 14.4. The normalized spacial score (nSPS) is 18.4. The Kier molecular flexibility index (Phi) is 4.19. The Bertz CT molecular complexity index is 731. The predicted molar refractivity (Wildman–Crippen MR) is 94.3 cm³/mol. The summed E-state index contributed by atoms with van der Waals surface area (Å²) in [6.45, 7) is 7.97. The molecule has 0 atom stereocenters. The van der Waals surface area contributed by atoms with E-state index in [9.17, 15) is 4.79 Å². The molecule has 2 heterocycles. The lowest BCUT2D eigenvalue weighted by Crippen LogP contribution is -2.41. The van der Waals surface area contributed by atoms with Crippen LogP contribution in [0.25, 0.3) is 0 Å². The standard InChI is InChI=1S/C18H21BN2O3/c1-17(2)18(3,4)24-19(23-17)14-11-8-12-20-15(14)21-16(22)13-9-6-5-7-10-13/h5-12H,1-4H3,(H,20,21,22). The second-order valence-electron chi connectivity index (χ2n) is 6.85. The SMILES string of the molecule is CC1(C)OB(c2cccnc2NC(=O)c2ccccc2)OC1(C)C. The second kappa shape index (κ2) is 6.04. The minimum atomic E-state index is -0.574. The average Bonchev–Trinajstić information content (AvgIpc) is 2.76. The summed E-state index contributed by atoms with van der Waals surface area (Å²) in [5.74, 6) is 0.233. The Morgan fingerprint density at radius 1 is 1.00 bits per heavy atom. The first-order valence-electron chi connectivity index (χ1n) is 7.97. The quantitative estimate of drug-likeness (QED) is 0.882. The van der Waals surface area contributed by atoms with E-state index in [-0.39, 0.29) is 5.91 Å². The van der Waals surface area contributed by atoms with Gasteiger partial charge in [0.15, 0.2) is 0 Å². The molecule has 1 amide bonds. The molecule has 2 aromatic rings. The van der Waals surface area contributed by atoms with Crippen LogP contribution in [-0.4, -0.2) is 29.2 Å². The van der Waals surface area contributed by atoms with Gasteiger partial charge in [0, 0.05) is 17.2 Å². The third kappa shape index (κ3) is 3.07. The van der Waals surface area contributed by atoms with Gasteiger partial charge < -0.3 is 14.6 Å². The number of rotatable bonds is 3. The van der Waals surface area contributed by atoms with E-state index in [1.165, 1.54) is 0 Å². The van der Waals surface area contributed by atoms with Gasteiger partial charge in [0.25, 0.3) is 5.91 Å². The van der Waals surface area contributed by atoms with Gasteiger partial charge in [0.1, 0.15) is 5.82 Å². The molecule has 24 heavy (non-hydrogen) atoms. The van der Waals surface area contributed by atoms with Crippen LogP contribution in [0.4, 0.5) is 5.82 Å². The largest absolute Gasteiger partial charge is 0.498 e. The zero-order valence-electron chi connectivity index (χ0n) is 14.4. The first kappa shape index (κ1) is 16.7. The Morgan fingerprint density at radius 3 is 2.25 bits per heavy atom. The summed E-state index contributed by atoms with van der Waals surface area (Å²) >= 11 is 0. The lowest BCUT2D eigenvalue weighted by molar-refractivity contribution is 0.00578. The first-order chi connectivity index (χ1) is 11.3. The van der Waals surface area contributed by atoms with E-state index >= 15 is 0 Å². The number of nitrogens with zero attached hydrogens (tertiary/aromatic N) is 1. The molecule has 1 aromatic heterocycles. The summed E-state index contributed by atoms with van der Waals surface area (Å²) in [4.78, 5) is 16.7. The fourth-order valence-corrected chi connectivity index (χ4v) is 2.45. The molecule has 0 bridgehead atoms. The average molecular weight is 324 g/mol. The molecule has 1 saturated heterocycles. The van der Waals surface area contributed by atoms with Crippen molar-refractivity contribution >= 4 is 24.3 Å². The van der Waals surface area contributed by atoms with Crippen LogP contribution < -0.4 is 10.8 Å². The van der Waals surface area contributed by atoms with Crippen molar-refractivity contribution in [2.24, 2.45) is 0 Å². The van der Waals surface area contributed by atoms with E-state index in [2.05, 4.69) is 10.3 Å². The lowest BCUT2D eigenvalue weighted by Gasteiger charge is -2.32. The molecule has 6 heteroatoms. The molecular weight excluding hydrogens is 303 g/mol. The topological polar surface area (TPSA) is 60.5 Å². The summed E-state index contributed by atoms with van der Waals surface area (Å²) in [6.07, 6.45) is 1.63. The molecule has 0 unspecified atom stereocenters. The number of amides is 1. The van der Waals surface area contributed by atoms with E-state index in [1.807, 2.05) is 52.0 Å². The van der Waals surface area contributed by atoms with E-state index in [1.54, 1.807) is 24.4 Å². The summed E-state index contributed by atoms with van der Waals surface area (Å²) in [6, 6.07) is 12.7. The molecule has 0 saturated carbocycles. The van der Waals surface area contributed by atoms with Gasteiger partial charge in [0.05, 0.1) is 11.2 Å². The smallest absolute Gasteiger partial charge is 0.399 e. The number of aromatic nitrogens is 1. The van der Waals surface area contributed by atoms with Crippen molar-refractivity contribution < 1.29 is 14.1 Å². The van der Waals surface area contributed by atoms with Crippen LogP contribution in [0.5, 0.6) is 0 Å². The maximum atomic E-state index is 12.4. The summed E-state index contributed by atoms with van der Waals surface area (Å²) < 4.78 is 12.1. The lowest BCUT2D eigenvalue weighted by atomic mass is 9.79. The Morgan fingerprint density at radius 2 is 1.62 bits per heavy atom. The van der Waals surface area contributed by atoms with Crippen LogP contribution in [0, 0.1) is 0 Å². The number of hydrogen-bond acceptors (Lipinski definition) is 4. The molecule has 1 N–H and O–H groups in total. The second-order valence-corrected chi connectivity index (χ2v) is 6.85. The highest BCUT2D eigenvalue weighted by Crippen LogP contribution is 2.36. The van der Waals surface area contributed by atoms with Crippen molar-refractivity contribution in [1.82, 2.24) is 4.98 Å². The maximum absolute atomic E-state index is 12.4. The number of nitrogens with one attached hydrogen (secondary N) is 1. The van der Waals surface area contributed by atoms with E-state index in [0.29, 0.717) is 16.8 Å². The highest BCUT2D eigenvalue weighted by Gasteiger charge is 2.52. The third-order valence-corrected chi connectivity index (χ3v) is 4.61. The Balaban J connectivity index is 1.86. The van der Waals surface area contributed by atoms with Gasteiger partial charge in [-0.05, 0) is 45.9 Å².